The Labute approximate surface area is 85.2 Å². The van der Waals surface area contributed by atoms with Crippen LogP contribution in [0.25, 0.3) is 0 Å². The lowest BCUT2D eigenvalue weighted by Crippen LogP contribution is -2.27. The lowest BCUT2D eigenvalue weighted by molar-refractivity contribution is 0.736. The van der Waals surface area contributed by atoms with Crippen molar-refractivity contribution in [3.8, 4) is 0 Å². The summed E-state index contributed by atoms with van der Waals surface area (Å²) >= 11 is 0. The number of hydrogen-bond acceptors (Lipinski definition) is 4. The predicted octanol–water partition coefficient (Wildman–Crippen LogP) is 1.47. The van der Waals surface area contributed by atoms with E-state index >= 15 is 0 Å². The summed E-state index contributed by atoms with van der Waals surface area (Å²) in [4.78, 5) is 10.6. The summed E-state index contributed by atoms with van der Waals surface area (Å²) in [5, 5.41) is 0. The second-order valence-electron chi connectivity index (χ2n) is 3.63. The van der Waals surface area contributed by atoms with Crippen molar-refractivity contribution in [2.45, 2.75) is 33.2 Å². The van der Waals surface area contributed by atoms with Gasteiger partial charge in [-0.25, -0.2) is 9.97 Å². The summed E-state index contributed by atoms with van der Waals surface area (Å²) in [5.74, 6) is 2.23. The molecule has 4 nitrogen and oxygen atoms in total. The van der Waals surface area contributed by atoms with E-state index in [1.54, 1.807) is 6.07 Å². The van der Waals surface area contributed by atoms with Crippen LogP contribution in [0.15, 0.2) is 6.07 Å². The van der Waals surface area contributed by atoms with Crippen LogP contribution in [-0.2, 0) is 6.42 Å². The molecule has 0 bridgehead atoms. The van der Waals surface area contributed by atoms with Crippen LogP contribution in [0.3, 0.4) is 0 Å². The van der Waals surface area contributed by atoms with E-state index in [9.17, 15) is 0 Å². The van der Waals surface area contributed by atoms with Crippen LogP contribution in [0.5, 0.6) is 0 Å². The first-order chi connectivity index (χ1) is 6.54. The molecule has 0 radical (unpaired) electrons. The van der Waals surface area contributed by atoms with Crippen molar-refractivity contribution < 1.29 is 0 Å². The molecule has 0 atom stereocenters. The van der Waals surface area contributed by atoms with Crippen molar-refractivity contribution in [1.82, 2.24) is 9.97 Å². The van der Waals surface area contributed by atoms with Gasteiger partial charge >= 0.3 is 0 Å². The first-order valence-electron chi connectivity index (χ1n) is 4.90. The molecule has 0 amide bonds. The van der Waals surface area contributed by atoms with Crippen LogP contribution in [0.1, 0.15) is 26.6 Å². The quantitative estimate of drug-likeness (QED) is 0.791. The maximum Gasteiger partial charge on any atom is 0.134 e. The summed E-state index contributed by atoms with van der Waals surface area (Å²) < 4.78 is 0. The monoisotopic (exact) mass is 194 g/mol. The average molecular weight is 194 g/mol. The van der Waals surface area contributed by atoms with Crippen molar-refractivity contribution in [3.63, 3.8) is 0 Å². The van der Waals surface area contributed by atoms with Crippen molar-refractivity contribution >= 4 is 11.6 Å². The Kier molecular flexibility index (Phi) is 3.28. The van der Waals surface area contributed by atoms with E-state index < -0.39 is 0 Å². The van der Waals surface area contributed by atoms with Gasteiger partial charge in [-0.05, 0) is 13.8 Å². The third kappa shape index (κ3) is 2.34. The molecule has 1 heterocycles. The molecule has 4 heteroatoms. The van der Waals surface area contributed by atoms with Gasteiger partial charge in [-0.3, -0.25) is 0 Å². The lowest BCUT2D eigenvalue weighted by Gasteiger charge is -2.22. The van der Waals surface area contributed by atoms with E-state index in [0.29, 0.717) is 11.9 Å². The van der Waals surface area contributed by atoms with Gasteiger partial charge in [0.05, 0.1) is 0 Å². The van der Waals surface area contributed by atoms with Gasteiger partial charge in [0, 0.05) is 25.6 Å². The van der Waals surface area contributed by atoms with E-state index in [1.807, 2.05) is 14.0 Å². The Morgan fingerprint density at radius 2 is 2.07 bits per heavy atom. The molecule has 0 aliphatic carbocycles. The molecule has 0 unspecified atom stereocenters. The molecule has 0 aliphatic heterocycles. The van der Waals surface area contributed by atoms with Crippen molar-refractivity contribution in [1.29, 1.82) is 0 Å². The number of nitrogens with two attached hydrogens (primary N) is 1. The zero-order chi connectivity index (χ0) is 10.7. The van der Waals surface area contributed by atoms with E-state index in [4.69, 9.17) is 5.73 Å². The van der Waals surface area contributed by atoms with Crippen molar-refractivity contribution in [2.75, 3.05) is 17.7 Å². The van der Waals surface area contributed by atoms with Gasteiger partial charge in [0.1, 0.15) is 17.5 Å². The minimum atomic E-state index is 0.411. The molecular formula is C10H18N4. The fraction of sp³-hybridized carbons (Fsp3) is 0.600. The zero-order valence-electron chi connectivity index (χ0n) is 9.28. The number of hydrogen-bond donors (Lipinski definition) is 1. The third-order valence-electron chi connectivity index (χ3n) is 2.23. The van der Waals surface area contributed by atoms with Gasteiger partial charge < -0.3 is 10.6 Å². The summed E-state index contributed by atoms with van der Waals surface area (Å²) in [5.41, 5.74) is 5.70. The summed E-state index contributed by atoms with van der Waals surface area (Å²) in [6, 6.07) is 2.22. The molecule has 14 heavy (non-hydrogen) atoms. The Morgan fingerprint density at radius 3 is 2.57 bits per heavy atom. The average Bonchev–Trinajstić information content (AvgIpc) is 2.15. The summed E-state index contributed by atoms with van der Waals surface area (Å²) in [6.45, 7) is 6.25. The fourth-order valence-corrected chi connectivity index (χ4v) is 1.11. The van der Waals surface area contributed by atoms with Gasteiger partial charge in [0.25, 0.3) is 0 Å². The highest BCUT2D eigenvalue weighted by Gasteiger charge is 2.08. The van der Waals surface area contributed by atoms with Gasteiger partial charge in [0.15, 0.2) is 0 Å². The van der Waals surface area contributed by atoms with Gasteiger partial charge in [-0.15, -0.1) is 0 Å². The Balaban J connectivity index is 3.02. The van der Waals surface area contributed by atoms with E-state index in [0.717, 1.165) is 18.1 Å². The highest BCUT2D eigenvalue weighted by Crippen LogP contribution is 2.14. The molecule has 0 fully saturated rings. The number of anilines is 2. The molecule has 1 rings (SSSR count). The Bertz CT molecular complexity index is 309. The molecule has 0 saturated heterocycles. The van der Waals surface area contributed by atoms with Crippen LogP contribution in [-0.4, -0.2) is 23.1 Å². The van der Waals surface area contributed by atoms with Crippen LogP contribution in [0.4, 0.5) is 11.6 Å². The van der Waals surface area contributed by atoms with Crippen LogP contribution in [0.2, 0.25) is 0 Å². The molecule has 1 aromatic rings. The van der Waals surface area contributed by atoms with Crippen LogP contribution >= 0.6 is 0 Å². The summed E-state index contributed by atoms with van der Waals surface area (Å²) in [6.07, 6.45) is 0.809. The van der Waals surface area contributed by atoms with E-state index in [2.05, 4.69) is 28.7 Å². The third-order valence-corrected chi connectivity index (χ3v) is 2.23. The highest BCUT2D eigenvalue weighted by atomic mass is 15.2. The molecule has 0 aliphatic rings. The fourth-order valence-electron chi connectivity index (χ4n) is 1.11. The Hall–Kier alpha value is -1.32. The van der Waals surface area contributed by atoms with E-state index in [1.165, 1.54) is 0 Å². The number of nitrogens with zero attached hydrogens (tertiary/aromatic N) is 3. The topological polar surface area (TPSA) is 55.0 Å². The number of aromatic nitrogens is 2. The lowest BCUT2D eigenvalue weighted by atomic mass is 10.3. The molecule has 0 saturated carbocycles. The van der Waals surface area contributed by atoms with Gasteiger partial charge in [-0.1, -0.05) is 6.92 Å². The SMILES string of the molecule is CCc1nc(N)cc(N(C)C(C)C)n1. The van der Waals surface area contributed by atoms with Crippen LogP contribution < -0.4 is 10.6 Å². The molecular weight excluding hydrogens is 176 g/mol. The second kappa shape index (κ2) is 4.26. The standard InChI is InChI=1S/C10H18N4/c1-5-9-12-8(11)6-10(13-9)14(4)7(2)3/h6-7H,5H2,1-4H3,(H2,11,12,13). The number of aryl methyl sites for hydroxylation is 1. The van der Waals surface area contributed by atoms with Gasteiger partial charge in [-0.2, -0.15) is 0 Å². The molecule has 2 N–H and O–H groups in total. The predicted molar refractivity (Wildman–Crippen MR) is 59.4 cm³/mol. The summed E-state index contributed by atoms with van der Waals surface area (Å²) in [7, 11) is 2.01. The van der Waals surface area contributed by atoms with E-state index in [-0.39, 0.29) is 0 Å². The first kappa shape index (κ1) is 10.8. The number of rotatable bonds is 3. The maximum atomic E-state index is 5.70. The molecule has 0 spiro atoms. The Morgan fingerprint density at radius 1 is 1.43 bits per heavy atom. The molecule has 78 valence electrons. The first-order valence-corrected chi connectivity index (χ1v) is 4.90. The second-order valence-corrected chi connectivity index (χ2v) is 3.63. The maximum absolute atomic E-state index is 5.70. The molecule has 0 aromatic carbocycles. The highest BCUT2D eigenvalue weighted by molar-refractivity contribution is 5.46. The normalized spacial score (nSPS) is 10.6. The van der Waals surface area contributed by atoms with Crippen LogP contribution in [0, 0.1) is 0 Å². The minimum Gasteiger partial charge on any atom is -0.384 e. The number of nitrogen functional groups attached to an aromatic ring is 1. The largest absolute Gasteiger partial charge is 0.384 e. The zero-order valence-corrected chi connectivity index (χ0v) is 9.28. The minimum absolute atomic E-state index is 0.411. The van der Waals surface area contributed by atoms with Crippen molar-refractivity contribution in [3.05, 3.63) is 11.9 Å². The van der Waals surface area contributed by atoms with Crippen molar-refractivity contribution in [2.24, 2.45) is 0 Å². The van der Waals surface area contributed by atoms with Gasteiger partial charge in [0.2, 0.25) is 0 Å². The smallest absolute Gasteiger partial charge is 0.134 e. The molecule has 1 aromatic heterocycles.